The van der Waals surface area contributed by atoms with Gasteiger partial charge in [0.1, 0.15) is 12.7 Å². The Morgan fingerprint density at radius 2 is 1.28 bits per heavy atom. The molecule has 1 saturated carbocycles. The molecule has 58 heavy (non-hydrogen) atoms. The fourth-order valence-electron chi connectivity index (χ4n) is 6.80. The Bertz CT molecular complexity index is 1180. The van der Waals surface area contributed by atoms with E-state index in [0.717, 1.165) is 51.4 Å². The molecule has 0 aromatic rings. The number of aliphatic hydroxyl groups is 5. The van der Waals surface area contributed by atoms with Crippen LogP contribution in [0.15, 0.2) is 36.5 Å². The van der Waals surface area contributed by atoms with Crippen LogP contribution in [-0.4, -0.2) is 99.3 Å². The number of aliphatic hydroxyl groups excluding tert-OH is 5. The van der Waals surface area contributed by atoms with E-state index in [4.69, 9.17) is 19.1 Å². The molecule has 0 amide bonds. The number of allylic oxidation sites excluding steroid dienone is 4. The lowest BCUT2D eigenvalue weighted by atomic mass is 9.89. The third-order valence-electron chi connectivity index (χ3n) is 10.3. The van der Waals surface area contributed by atoms with Gasteiger partial charge in [0.15, 0.2) is 6.10 Å². The fraction of sp³-hybridized carbons (Fsp3) is 0.818. The summed E-state index contributed by atoms with van der Waals surface area (Å²) in [4.78, 5) is 35.2. The monoisotopic (exact) mass is 847 g/mol. The Morgan fingerprint density at radius 3 is 1.95 bits per heavy atom. The molecular weight excluding hydrogens is 767 g/mol. The van der Waals surface area contributed by atoms with E-state index >= 15 is 0 Å². The summed E-state index contributed by atoms with van der Waals surface area (Å²) in [5, 5.41) is 49.6. The SMILES string of the molecule is CCCCCC/C=C\CCCCCCCCCC(=O)O[C@H](COC(=O)CCC/C=C/C[C@@H]1[C@@H](/C=C/[C@@H](O)CCCCC)[C@H](O)C[C@@H]1O)COP(=O)(O)OC[C@@H](O)CO. The second-order valence-electron chi connectivity index (χ2n) is 15.7. The number of ether oxygens (including phenoxy) is 2. The van der Waals surface area contributed by atoms with Gasteiger partial charge in [0, 0.05) is 25.2 Å². The Morgan fingerprint density at radius 1 is 0.707 bits per heavy atom. The summed E-state index contributed by atoms with van der Waals surface area (Å²) < 4.78 is 32.7. The molecule has 0 radical (unpaired) electrons. The number of esters is 2. The molecule has 0 aliphatic heterocycles. The molecular formula is C44H79O13P. The first-order valence-electron chi connectivity index (χ1n) is 22.2. The predicted molar refractivity (Wildman–Crippen MR) is 226 cm³/mol. The number of rotatable bonds is 37. The van der Waals surface area contributed by atoms with Gasteiger partial charge in [0.05, 0.1) is 38.1 Å². The molecule has 6 N–H and O–H groups in total. The highest BCUT2D eigenvalue weighted by Crippen LogP contribution is 2.43. The normalized spacial score (nSPS) is 21.2. The number of unbranched alkanes of at least 4 members (excludes halogenated alkanes) is 14. The first-order chi connectivity index (χ1) is 27.9. The lowest BCUT2D eigenvalue weighted by Crippen LogP contribution is -2.29. The fourth-order valence-corrected chi connectivity index (χ4v) is 7.59. The number of phosphoric acid groups is 1. The molecule has 13 nitrogen and oxygen atoms in total. The summed E-state index contributed by atoms with van der Waals surface area (Å²) in [6.45, 7) is 1.98. The standard InChI is InChI=1S/C44H79O13P/c1-3-5-7-8-9-10-11-12-13-14-15-16-17-18-24-28-44(51)57-38(35-56-58(52,53)55-33-37(47)32-45)34-54-43(50)27-23-20-19-22-26-39-40(42(49)31-41(39)48)30-29-36(46)25-21-6-4-2/h10-11,19,22,29-30,36-42,45-49H,3-9,12-18,20-21,23-28,31-35H2,1-2H3,(H,52,53)/b11-10-,22-19+,30-29+/t36-,37-,38+,39+,40+,41-,42+/m0/s1. The zero-order chi connectivity index (χ0) is 42.9. The van der Waals surface area contributed by atoms with Crippen LogP contribution < -0.4 is 0 Å². The second kappa shape index (κ2) is 34.7. The molecule has 338 valence electrons. The van der Waals surface area contributed by atoms with E-state index in [-0.39, 0.29) is 31.1 Å². The second-order valence-corrected chi connectivity index (χ2v) is 17.1. The largest absolute Gasteiger partial charge is 0.472 e. The first-order valence-corrected chi connectivity index (χ1v) is 23.7. The Hall–Kier alpha value is -1.93. The summed E-state index contributed by atoms with van der Waals surface area (Å²) in [6, 6.07) is 0. The maximum Gasteiger partial charge on any atom is 0.472 e. The van der Waals surface area contributed by atoms with Gasteiger partial charge in [-0.15, -0.1) is 0 Å². The minimum absolute atomic E-state index is 0.0639. The van der Waals surface area contributed by atoms with Crippen molar-refractivity contribution in [3.63, 3.8) is 0 Å². The lowest BCUT2D eigenvalue weighted by Gasteiger charge is -2.20. The van der Waals surface area contributed by atoms with Crippen LogP contribution in [0.4, 0.5) is 0 Å². The van der Waals surface area contributed by atoms with Crippen molar-refractivity contribution in [2.24, 2.45) is 11.8 Å². The highest BCUT2D eigenvalue weighted by molar-refractivity contribution is 7.47. The van der Waals surface area contributed by atoms with E-state index in [0.29, 0.717) is 32.1 Å². The van der Waals surface area contributed by atoms with Gasteiger partial charge in [-0.2, -0.15) is 0 Å². The number of phosphoric ester groups is 1. The van der Waals surface area contributed by atoms with Gasteiger partial charge in [-0.3, -0.25) is 18.6 Å². The van der Waals surface area contributed by atoms with Crippen molar-refractivity contribution in [1.82, 2.24) is 0 Å². The zero-order valence-corrected chi connectivity index (χ0v) is 36.5. The third kappa shape index (κ3) is 28.5. The Labute approximate surface area is 348 Å². The smallest absolute Gasteiger partial charge is 0.462 e. The quantitative estimate of drug-likeness (QED) is 0.0152. The summed E-state index contributed by atoms with van der Waals surface area (Å²) in [6.07, 6.45) is 27.7. The van der Waals surface area contributed by atoms with Crippen LogP contribution >= 0.6 is 7.82 Å². The van der Waals surface area contributed by atoms with Crippen LogP contribution in [-0.2, 0) is 32.7 Å². The third-order valence-corrected chi connectivity index (χ3v) is 11.3. The topological polar surface area (TPSA) is 210 Å². The van der Waals surface area contributed by atoms with Gasteiger partial charge in [-0.05, 0) is 63.7 Å². The van der Waals surface area contributed by atoms with Crippen LogP contribution in [0.2, 0.25) is 0 Å². The highest BCUT2D eigenvalue weighted by Gasteiger charge is 2.39. The molecule has 14 heteroatoms. The van der Waals surface area contributed by atoms with E-state index < -0.39 is 76.7 Å². The molecule has 1 fully saturated rings. The minimum Gasteiger partial charge on any atom is -0.462 e. The number of carbonyl (C=O) groups excluding carboxylic acids is 2. The maximum absolute atomic E-state index is 12.7. The molecule has 1 aliphatic rings. The minimum atomic E-state index is -4.68. The van der Waals surface area contributed by atoms with Crippen LogP contribution in [0.5, 0.6) is 0 Å². The van der Waals surface area contributed by atoms with Crippen molar-refractivity contribution in [2.45, 2.75) is 192 Å². The molecule has 1 aliphatic carbocycles. The molecule has 0 aromatic heterocycles. The molecule has 1 rings (SSSR count). The van der Waals surface area contributed by atoms with E-state index in [1.807, 2.05) is 18.2 Å². The van der Waals surface area contributed by atoms with Gasteiger partial charge in [0.2, 0.25) is 0 Å². The summed E-state index contributed by atoms with van der Waals surface area (Å²) >= 11 is 0. The summed E-state index contributed by atoms with van der Waals surface area (Å²) in [7, 11) is -4.68. The number of carbonyl (C=O) groups is 2. The summed E-state index contributed by atoms with van der Waals surface area (Å²) in [5.74, 6) is -1.56. The van der Waals surface area contributed by atoms with E-state index in [1.165, 1.54) is 44.9 Å². The summed E-state index contributed by atoms with van der Waals surface area (Å²) in [5.41, 5.74) is 0. The van der Waals surface area contributed by atoms with Gasteiger partial charge < -0.3 is 39.9 Å². The van der Waals surface area contributed by atoms with Crippen molar-refractivity contribution in [3.8, 4) is 0 Å². The highest BCUT2D eigenvalue weighted by atomic mass is 31.2. The van der Waals surface area contributed by atoms with Crippen molar-refractivity contribution >= 4 is 19.8 Å². The van der Waals surface area contributed by atoms with Gasteiger partial charge in [-0.25, -0.2) is 4.57 Å². The van der Waals surface area contributed by atoms with Gasteiger partial charge in [-0.1, -0.05) is 121 Å². The van der Waals surface area contributed by atoms with E-state index in [9.17, 15) is 39.5 Å². The van der Waals surface area contributed by atoms with E-state index in [2.05, 4.69) is 30.5 Å². The molecule has 1 unspecified atom stereocenters. The van der Waals surface area contributed by atoms with Crippen molar-refractivity contribution in [3.05, 3.63) is 36.5 Å². The van der Waals surface area contributed by atoms with E-state index in [1.54, 1.807) is 6.08 Å². The molecule has 0 spiro atoms. The van der Waals surface area contributed by atoms with Crippen molar-refractivity contribution in [2.75, 3.05) is 26.4 Å². The van der Waals surface area contributed by atoms with Crippen molar-refractivity contribution < 1.29 is 63.1 Å². The average molecular weight is 847 g/mol. The number of hydrogen-bond donors (Lipinski definition) is 6. The molecule has 8 atom stereocenters. The van der Waals surface area contributed by atoms with Crippen LogP contribution in [0.1, 0.15) is 162 Å². The predicted octanol–water partition coefficient (Wildman–Crippen LogP) is 7.94. The Balaban J connectivity index is 2.47. The van der Waals surface area contributed by atoms with Gasteiger partial charge in [0.25, 0.3) is 0 Å². The molecule has 0 heterocycles. The first kappa shape index (κ1) is 54.1. The van der Waals surface area contributed by atoms with Crippen LogP contribution in [0.3, 0.4) is 0 Å². The lowest BCUT2D eigenvalue weighted by molar-refractivity contribution is -0.161. The zero-order valence-electron chi connectivity index (χ0n) is 35.6. The maximum atomic E-state index is 12.7. The van der Waals surface area contributed by atoms with Crippen molar-refractivity contribution in [1.29, 1.82) is 0 Å². The molecule has 0 saturated heterocycles. The van der Waals surface area contributed by atoms with Gasteiger partial charge >= 0.3 is 19.8 Å². The molecule has 0 aromatic carbocycles. The molecule has 0 bridgehead atoms. The average Bonchev–Trinajstić information content (AvgIpc) is 3.47. The Kier molecular flexibility index (Phi) is 32.4. The number of hydrogen-bond acceptors (Lipinski definition) is 12. The van der Waals surface area contributed by atoms with Crippen LogP contribution in [0.25, 0.3) is 0 Å². The van der Waals surface area contributed by atoms with Crippen LogP contribution in [0, 0.1) is 11.8 Å².